The van der Waals surface area contributed by atoms with Crippen molar-refractivity contribution in [3.63, 3.8) is 0 Å². The smallest absolute Gasteiger partial charge is 0.185 e. The van der Waals surface area contributed by atoms with Gasteiger partial charge in [-0.2, -0.15) is 0 Å². The van der Waals surface area contributed by atoms with E-state index in [1.165, 1.54) is 0 Å². The van der Waals surface area contributed by atoms with Crippen LogP contribution < -0.4 is 0 Å². The number of carbonyl (C=O) groups is 1. The van der Waals surface area contributed by atoms with Crippen LogP contribution in [-0.4, -0.2) is 17.9 Å². The van der Waals surface area contributed by atoms with Crippen molar-refractivity contribution >= 4 is 31.6 Å². The summed E-state index contributed by atoms with van der Waals surface area (Å²) in [6, 6.07) is 9.03. The van der Waals surface area contributed by atoms with Crippen LogP contribution in [0.4, 0.5) is 0 Å². The third-order valence-corrected chi connectivity index (χ3v) is 8.21. The predicted octanol–water partition coefficient (Wildman–Crippen LogP) is 3.62. The van der Waals surface area contributed by atoms with Crippen LogP contribution >= 0.6 is 15.9 Å². The summed E-state index contributed by atoms with van der Waals surface area (Å²) < 4.78 is 24.0. The molecule has 0 radical (unpaired) electrons. The number of carbonyl (C=O) groups excluding carboxylic acids is 1. The Morgan fingerprint density at radius 2 is 1.70 bits per heavy atom. The zero-order valence-electron chi connectivity index (χ0n) is 11.3. The molecule has 0 spiro atoms. The summed E-state index contributed by atoms with van der Waals surface area (Å²) in [6.07, 6.45) is 4.27. The zero-order valence-corrected chi connectivity index (χ0v) is 13.7. The lowest BCUT2D eigenvalue weighted by atomic mass is 9.99. The van der Waals surface area contributed by atoms with Gasteiger partial charge in [-0.05, 0) is 18.4 Å². The van der Waals surface area contributed by atoms with E-state index >= 15 is 0 Å². The number of alkyl halides is 1. The third-order valence-electron chi connectivity index (χ3n) is 3.76. The van der Waals surface area contributed by atoms with Crippen LogP contribution in [0.25, 0.3) is 0 Å². The van der Waals surface area contributed by atoms with Gasteiger partial charge in [-0.1, -0.05) is 65.5 Å². The summed E-state index contributed by atoms with van der Waals surface area (Å²) in [4.78, 5) is 12.3. The summed E-state index contributed by atoms with van der Waals surface area (Å²) in [6.45, 7) is 0. The van der Waals surface area contributed by atoms with E-state index in [2.05, 4.69) is 15.9 Å². The van der Waals surface area contributed by atoms with Gasteiger partial charge in [0.2, 0.25) is 0 Å². The summed E-state index contributed by atoms with van der Waals surface area (Å²) in [5, 5.41) is 0. The Labute approximate surface area is 128 Å². The van der Waals surface area contributed by atoms with Gasteiger partial charge in [-0.25, -0.2) is 8.42 Å². The maximum Gasteiger partial charge on any atom is 0.185 e. The van der Waals surface area contributed by atoms with Crippen LogP contribution in [0.2, 0.25) is 0 Å². The molecule has 1 atom stereocenters. The lowest BCUT2D eigenvalue weighted by molar-refractivity contribution is -0.119. The molecule has 0 amide bonds. The average molecular weight is 359 g/mol. The molecule has 1 fully saturated rings. The summed E-state index contributed by atoms with van der Waals surface area (Å²) in [5.74, 6) is -0.279. The minimum Gasteiger partial charge on any atom is -0.297 e. The second kappa shape index (κ2) is 6.39. The fraction of sp³-hybridized carbons (Fsp3) is 0.533. The van der Waals surface area contributed by atoms with Gasteiger partial charge in [-0.15, -0.1) is 0 Å². The minimum absolute atomic E-state index is 0.0924. The second-order valence-electron chi connectivity index (χ2n) is 5.31. The molecule has 1 aromatic rings. The van der Waals surface area contributed by atoms with Crippen molar-refractivity contribution in [2.75, 3.05) is 0 Å². The molecule has 5 heteroatoms. The van der Waals surface area contributed by atoms with Crippen LogP contribution in [0.1, 0.15) is 44.1 Å². The van der Waals surface area contributed by atoms with E-state index in [0.29, 0.717) is 12.8 Å². The lowest BCUT2D eigenvalue weighted by Crippen LogP contribution is -2.42. The first-order valence-corrected chi connectivity index (χ1v) is 9.39. The molecule has 1 saturated carbocycles. The molecule has 1 unspecified atom stereocenters. The highest BCUT2D eigenvalue weighted by molar-refractivity contribution is 9.12. The highest BCUT2D eigenvalue weighted by Crippen LogP contribution is 2.38. The molecule has 0 saturated heterocycles. The number of ketones is 1. The Bertz CT molecular complexity index is 568. The van der Waals surface area contributed by atoms with Crippen molar-refractivity contribution in [1.82, 2.24) is 0 Å². The van der Waals surface area contributed by atoms with E-state index in [-0.39, 0.29) is 11.5 Å². The molecular formula is C15H19BrO3S. The van der Waals surface area contributed by atoms with Gasteiger partial charge in [0.1, 0.15) is 0 Å². The van der Waals surface area contributed by atoms with Crippen LogP contribution in [0.5, 0.6) is 0 Å². The molecule has 0 bridgehead atoms. The molecule has 0 aliphatic heterocycles. The maximum absolute atomic E-state index is 12.7. The van der Waals surface area contributed by atoms with Crippen LogP contribution in [0.15, 0.2) is 30.3 Å². The first-order valence-electron chi connectivity index (χ1n) is 6.94. The highest BCUT2D eigenvalue weighted by Gasteiger charge is 2.47. The van der Waals surface area contributed by atoms with Gasteiger partial charge >= 0.3 is 0 Å². The number of hydrogen-bond donors (Lipinski definition) is 0. The summed E-state index contributed by atoms with van der Waals surface area (Å²) in [5.41, 5.74) is 0.723. The van der Waals surface area contributed by atoms with Gasteiger partial charge in [0.15, 0.2) is 19.3 Å². The van der Waals surface area contributed by atoms with Crippen LogP contribution in [-0.2, 0) is 20.4 Å². The third kappa shape index (κ3) is 3.31. The zero-order chi connectivity index (χ0) is 14.6. The normalized spacial score (nSPS) is 24.9. The van der Waals surface area contributed by atoms with Crippen molar-refractivity contribution in [1.29, 1.82) is 0 Å². The van der Waals surface area contributed by atoms with E-state index in [1.807, 2.05) is 18.2 Å². The quantitative estimate of drug-likeness (QED) is 0.775. The molecule has 20 heavy (non-hydrogen) atoms. The van der Waals surface area contributed by atoms with E-state index in [4.69, 9.17) is 0 Å². The Morgan fingerprint density at radius 3 is 2.40 bits per heavy atom. The topological polar surface area (TPSA) is 51.2 Å². The van der Waals surface area contributed by atoms with Crippen molar-refractivity contribution in [3.05, 3.63) is 35.9 Å². The van der Waals surface area contributed by atoms with Crippen molar-refractivity contribution in [2.45, 2.75) is 47.9 Å². The number of sulfone groups is 1. The van der Waals surface area contributed by atoms with Gasteiger partial charge in [-0.3, -0.25) is 4.79 Å². The molecule has 1 aliphatic carbocycles. The summed E-state index contributed by atoms with van der Waals surface area (Å²) in [7, 11) is -3.56. The Morgan fingerprint density at radius 1 is 1.05 bits per heavy atom. The fourth-order valence-corrected chi connectivity index (χ4v) is 5.14. The number of halogens is 1. The van der Waals surface area contributed by atoms with E-state index in [9.17, 15) is 13.2 Å². The molecule has 0 N–H and O–H groups in total. The largest absolute Gasteiger partial charge is 0.297 e. The molecule has 1 aromatic carbocycles. The van der Waals surface area contributed by atoms with Gasteiger partial charge < -0.3 is 0 Å². The first-order chi connectivity index (χ1) is 9.46. The second-order valence-corrected chi connectivity index (χ2v) is 9.40. The van der Waals surface area contributed by atoms with E-state index in [0.717, 1.165) is 31.2 Å². The lowest BCUT2D eigenvalue weighted by Gasteiger charge is -2.28. The van der Waals surface area contributed by atoms with Crippen molar-refractivity contribution in [2.24, 2.45) is 0 Å². The minimum atomic E-state index is -3.56. The molecule has 0 heterocycles. The number of hydrogen-bond acceptors (Lipinski definition) is 3. The molecular weight excluding hydrogens is 340 g/mol. The molecule has 0 aromatic heterocycles. The van der Waals surface area contributed by atoms with E-state index in [1.54, 1.807) is 12.1 Å². The predicted molar refractivity (Wildman–Crippen MR) is 83.4 cm³/mol. The number of benzene rings is 1. The fourth-order valence-electron chi connectivity index (χ4n) is 2.55. The monoisotopic (exact) mass is 358 g/mol. The SMILES string of the molecule is O=C1CCCCCCC1(Br)S(=O)(=O)Cc1ccccc1. The Hall–Kier alpha value is -0.680. The molecule has 2 rings (SSSR count). The van der Waals surface area contributed by atoms with E-state index < -0.39 is 13.5 Å². The van der Waals surface area contributed by atoms with Crippen LogP contribution in [0, 0.1) is 0 Å². The maximum atomic E-state index is 12.7. The van der Waals surface area contributed by atoms with Gasteiger partial charge in [0.05, 0.1) is 5.75 Å². The molecule has 110 valence electrons. The van der Waals surface area contributed by atoms with Gasteiger partial charge in [0.25, 0.3) is 0 Å². The Kier molecular flexibility index (Phi) is 5.02. The van der Waals surface area contributed by atoms with Crippen molar-refractivity contribution < 1.29 is 13.2 Å². The Balaban J connectivity index is 2.27. The number of rotatable bonds is 3. The average Bonchev–Trinajstić information content (AvgIpc) is 2.40. The van der Waals surface area contributed by atoms with Crippen LogP contribution in [0.3, 0.4) is 0 Å². The standard InChI is InChI=1S/C15H19BrO3S/c16-15(11-7-2-1-6-10-14(15)17)20(18,19)12-13-8-4-3-5-9-13/h3-5,8-9H,1-2,6-7,10-12H2. The summed E-state index contributed by atoms with van der Waals surface area (Å²) >= 11 is 3.29. The number of Topliss-reactive ketones (excluding diaryl/α,β-unsaturated/α-hetero) is 1. The first kappa shape index (κ1) is 15.7. The highest BCUT2D eigenvalue weighted by atomic mass is 79.9. The van der Waals surface area contributed by atoms with Crippen molar-refractivity contribution in [3.8, 4) is 0 Å². The molecule has 3 nitrogen and oxygen atoms in total. The van der Waals surface area contributed by atoms with Gasteiger partial charge in [0, 0.05) is 6.42 Å². The molecule has 1 aliphatic rings.